The van der Waals surface area contributed by atoms with Gasteiger partial charge in [0.1, 0.15) is 0 Å². The highest BCUT2D eigenvalue weighted by atomic mass is 16.5. The molecule has 98 valence electrons. The molecule has 19 heavy (non-hydrogen) atoms. The van der Waals surface area contributed by atoms with Crippen molar-refractivity contribution in [2.24, 2.45) is 0 Å². The van der Waals surface area contributed by atoms with Crippen LogP contribution in [-0.2, 0) is 4.74 Å². The molecular weight excluding hydrogens is 246 g/mol. The van der Waals surface area contributed by atoms with Crippen LogP contribution in [-0.4, -0.2) is 39.4 Å². The van der Waals surface area contributed by atoms with E-state index < -0.39 is 5.97 Å². The van der Waals surface area contributed by atoms with Crippen LogP contribution in [0.1, 0.15) is 28.6 Å². The molecule has 0 bridgehead atoms. The zero-order valence-electron chi connectivity index (χ0n) is 10.4. The summed E-state index contributed by atoms with van der Waals surface area (Å²) in [6.07, 6.45) is 4.40. The van der Waals surface area contributed by atoms with Gasteiger partial charge >= 0.3 is 5.97 Å². The lowest BCUT2D eigenvalue weighted by Gasteiger charge is -2.24. The fraction of sp³-hybridized carbons (Fsp3) is 0.333. The molecule has 1 aliphatic rings. The number of nitrogens with zero attached hydrogens (tertiary/aromatic N) is 4. The van der Waals surface area contributed by atoms with E-state index in [1.807, 2.05) is 12.1 Å². The predicted molar refractivity (Wildman–Crippen MR) is 66.8 cm³/mol. The minimum absolute atomic E-state index is 0.0378. The Labute approximate surface area is 109 Å². The number of rotatable bonds is 2. The first-order valence-corrected chi connectivity index (χ1v) is 5.98. The SMILES string of the molecule is COC(=O)c1nc2n(n1)C(c1cccnc1)CCN2. The second-order valence-corrected chi connectivity index (χ2v) is 4.21. The average molecular weight is 259 g/mol. The van der Waals surface area contributed by atoms with Crippen molar-refractivity contribution in [3.05, 3.63) is 35.9 Å². The molecule has 0 fully saturated rings. The van der Waals surface area contributed by atoms with Gasteiger partial charge in [0.25, 0.3) is 5.82 Å². The van der Waals surface area contributed by atoms with Crippen molar-refractivity contribution >= 4 is 11.9 Å². The van der Waals surface area contributed by atoms with Crippen LogP contribution in [0.3, 0.4) is 0 Å². The number of fused-ring (bicyclic) bond motifs is 1. The summed E-state index contributed by atoms with van der Waals surface area (Å²) in [4.78, 5) is 19.7. The summed E-state index contributed by atoms with van der Waals surface area (Å²) in [7, 11) is 1.31. The normalized spacial score (nSPS) is 17.4. The number of hydrogen-bond acceptors (Lipinski definition) is 6. The summed E-state index contributed by atoms with van der Waals surface area (Å²) < 4.78 is 6.35. The molecule has 1 unspecified atom stereocenters. The average Bonchev–Trinajstić information content (AvgIpc) is 2.91. The molecule has 3 rings (SSSR count). The van der Waals surface area contributed by atoms with Crippen molar-refractivity contribution < 1.29 is 9.53 Å². The minimum atomic E-state index is -0.534. The fourth-order valence-electron chi connectivity index (χ4n) is 2.16. The molecule has 0 radical (unpaired) electrons. The van der Waals surface area contributed by atoms with Gasteiger partial charge in [0.05, 0.1) is 13.2 Å². The molecule has 2 aromatic rings. The number of methoxy groups -OCH3 is 1. The lowest BCUT2D eigenvalue weighted by Crippen LogP contribution is -2.24. The lowest BCUT2D eigenvalue weighted by atomic mass is 10.1. The molecule has 0 spiro atoms. The monoisotopic (exact) mass is 259 g/mol. The Morgan fingerprint density at radius 1 is 1.58 bits per heavy atom. The first-order chi connectivity index (χ1) is 9.29. The number of aromatic nitrogens is 4. The standard InChI is InChI=1S/C12H13N5O2/c1-19-11(18)10-15-12-14-6-4-9(17(12)16-10)8-3-2-5-13-7-8/h2-3,5,7,9H,4,6H2,1H3,(H,14,15,16). The van der Waals surface area contributed by atoms with Gasteiger partial charge in [-0.25, -0.2) is 9.48 Å². The number of carbonyl (C=O) groups excluding carboxylic acids is 1. The summed E-state index contributed by atoms with van der Waals surface area (Å²) in [5.74, 6) is 0.120. The fourth-order valence-corrected chi connectivity index (χ4v) is 2.16. The maximum absolute atomic E-state index is 11.5. The first-order valence-electron chi connectivity index (χ1n) is 5.98. The van der Waals surface area contributed by atoms with Gasteiger partial charge in [0.2, 0.25) is 5.95 Å². The number of pyridine rings is 1. The van der Waals surface area contributed by atoms with Crippen LogP contribution < -0.4 is 5.32 Å². The molecule has 1 atom stereocenters. The summed E-state index contributed by atoms with van der Waals surface area (Å²) in [6.45, 7) is 0.777. The van der Waals surface area contributed by atoms with Crippen LogP contribution in [0, 0.1) is 0 Å². The van der Waals surface area contributed by atoms with Crippen molar-refractivity contribution in [2.75, 3.05) is 19.0 Å². The van der Waals surface area contributed by atoms with Crippen molar-refractivity contribution in [2.45, 2.75) is 12.5 Å². The third kappa shape index (κ3) is 2.03. The molecule has 1 aliphatic heterocycles. The quantitative estimate of drug-likeness (QED) is 0.806. The van der Waals surface area contributed by atoms with Gasteiger partial charge < -0.3 is 10.1 Å². The van der Waals surface area contributed by atoms with E-state index in [1.165, 1.54) is 7.11 Å². The molecule has 0 amide bonds. The van der Waals surface area contributed by atoms with E-state index in [9.17, 15) is 4.79 Å². The van der Waals surface area contributed by atoms with Crippen molar-refractivity contribution in [3.63, 3.8) is 0 Å². The molecule has 0 aromatic carbocycles. The van der Waals surface area contributed by atoms with Crippen molar-refractivity contribution in [3.8, 4) is 0 Å². The minimum Gasteiger partial charge on any atom is -0.463 e. The molecule has 3 heterocycles. The van der Waals surface area contributed by atoms with E-state index in [1.54, 1.807) is 17.1 Å². The highest BCUT2D eigenvalue weighted by Crippen LogP contribution is 2.27. The Balaban J connectivity index is 2.00. The lowest BCUT2D eigenvalue weighted by molar-refractivity contribution is 0.0586. The van der Waals surface area contributed by atoms with E-state index in [2.05, 4.69) is 25.1 Å². The molecule has 0 saturated heterocycles. The zero-order chi connectivity index (χ0) is 13.2. The van der Waals surface area contributed by atoms with E-state index in [4.69, 9.17) is 0 Å². The Morgan fingerprint density at radius 2 is 2.47 bits per heavy atom. The molecule has 0 saturated carbocycles. The number of nitrogens with one attached hydrogen (secondary N) is 1. The molecule has 2 aromatic heterocycles. The molecule has 0 aliphatic carbocycles. The number of hydrogen-bond donors (Lipinski definition) is 1. The number of anilines is 1. The third-order valence-electron chi connectivity index (χ3n) is 3.06. The third-order valence-corrected chi connectivity index (χ3v) is 3.06. The smallest absolute Gasteiger partial charge is 0.378 e. The van der Waals surface area contributed by atoms with Gasteiger partial charge in [0, 0.05) is 18.9 Å². The van der Waals surface area contributed by atoms with Crippen LogP contribution in [0.5, 0.6) is 0 Å². The van der Waals surface area contributed by atoms with Gasteiger partial charge in [0.15, 0.2) is 0 Å². The van der Waals surface area contributed by atoms with E-state index in [-0.39, 0.29) is 11.9 Å². The molecule has 7 heteroatoms. The second-order valence-electron chi connectivity index (χ2n) is 4.21. The molecular formula is C12H13N5O2. The van der Waals surface area contributed by atoms with Crippen LogP contribution in [0.2, 0.25) is 0 Å². The van der Waals surface area contributed by atoms with Crippen LogP contribution >= 0.6 is 0 Å². The zero-order valence-corrected chi connectivity index (χ0v) is 10.4. The van der Waals surface area contributed by atoms with E-state index in [0.717, 1.165) is 18.5 Å². The second kappa shape index (κ2) is 4.68. The predicted octanol–water partition coefficient (Wildman–Crippen LogP) is 0.865. The largest absolute Gasteiger partial charge is 0.463 e. The van der Waals surface area contributed by atoms with Crippen molar-refractivity contribution in [1.82, 2.24) is 19.7 Å². The first kappa shape index (κ1) is 11.6. The maximum Gasteiger partial charge on any atom is 0.378 e. The topological polar surface area (TPSA) is 81.9 Å². The van der Waals surface area contributed by atoms with Gasteiger partial charge in [-0.1, -0.05) is 6.07 Å². The van der Waals surface area contributed by atoms with Gasteiger partial charge in [-0.15, -0.1) is 5.10 Å². The molecule has 7 nitrogen and oxygen atoms in total. The Hall–Kier alpha value is -2.44. The number of esters is 1. The van der Waals surface area contributed by atoms with Crippen molar-refractivity contribution in [1.29, 1.82) is 0 Å². The summed E-state index contributed by atoms with van der Waals surface area (Å²) >= 11 is 0. The summed E-state index contributed by atoms with van der Waals surface area (Å²) in [5, 5.41) is 7.34. The Bertz CT molecular complexity index is 595. The van der Waals surface area contributed by atoms with Gasteiger partial charge in [-0.05, 0) is 18.1 Å². The molecule has 1 N–H and O–H groups in total. The highest BCUT2D eigenvalue weighted by Gasteiger charge is 2.26. The van der Waals surface area contributed by atoms with E-state index >= 15 is 0 Å². The Morgan fingerprint density at radius 3 is 3.21 bits per heavy atom. The van der Waals surface area contributed by atoms with Gasteiger partial charge in [-0.2, -0.15) is 4.98 Å². The number of ether oxygens (including phenoxy) is 1. The van der Waals surface area contributed by atoms with Crippen LogP contribution in [0.25, 0.3) is 0 Å². The van der Waals surface area contributed by atoms with E-state index in [0.29, 0.717) is 5.95 Å². The highest BCUT2D eigenvalue weighted by molar-refractivity contribution is 5.85. The summed E-state index contributed by atoms with van der Waals surface area (Å²) in [5.41, 5.74) is 1.05. The summed E-state index contributed by atoms with van der Waals surface area (Å²) in [6, 6.07) is 3.91. The van der Waals surface area contributed by atoms with Gasteiger partial charge in [-0.3, -0.25) is 4.98 Å². The van der Waals surface area contributed by atoms with Crippen LogP contribution in [0.4, 0.5) is 5.95 Å². The Kier molecular flexibility index (Phi) is 2.86. The number of carbonyl (C=O) groups is 1. The van der Waals surface area contributed by atoms with Crippen LogP contribution in [0.15, 0.2) is 24.5 Å². The maximum atomic E-state index is 11.5.